The van der Waals surface area contributed by atoms with Crippen LogP contribution in [0.15, 0.2) is 24.3 Å². The van der Waals surface area contributed by atoms with E-state index in [2.05, 4.69) is 43.4 Å². The molecule has 0 aromatic heterocycles. The molecule has 2 rings (SSSR count). The predicted octanol–water partition coefficient (Wildman–Crippen LogP) is 3.07. The lowest BCUT2D eigenvalue weighted by atomic mass is 9.99. The van der Waals surface area contributed by atoms with Crippen LogP contribution in [0.3, 0.4) is 0 Å². The molecule has 94 valence electrons. The highest BCUT2D eigenvalue weighted by atomic mass is 16.5. The maximum atomic E-state index is 5.38. The van der Waals surface area contributed by atoms with Gasteiger partial charge in [0.1, 0.15) is 0 Å². The lowest BCUT2D eigenvalue weighted by Gasteiger charge is -2.24. The van der Waals surface area contributed by atoms with E-state index >= 15 is 0 Å². The van der Waals surface area contributed by atoms with Crippen LogP contribution in [-0.4, -0.2) is 19.8 Å². The monoisotopic (exact) mass is 233 g/mol. The average Bonchev–Trinajstić information content (AvgIpc) is 2.38. The van der Waals surface area contributed by atoms with Crippen molar-refractivity contribution in [3.63, 3.8) is 0 Å². The molecule has 0 saturated carbocycles. The van der Waals surface area contributed by atoms with Gasteiger partial charge in [0.15, 0.2) is 0 Å². The summed E-state index contributed by atoms with van der Waals surface area (Å²) >= 11 is 0. The van der Waals surface area contributed by atoms with Crippen molar-refractivity contribution in [2.75, 3.05) is 19.8 Å². The molecule has 1 aliphatic heterocycles. The van der Waals surface area contributed by atoms with Crippen LogP contribution in [0, 0.1) is 12.8 Å². The van der Waals surface area contributed by atoms with Crippen molar-refractivity contribution >= 4 is 0 Å². The second-order valence-electron chi connectivity index (χ2n) is 5.10. The standard InChI is InChI=1S/C15H23NO/c1-12-3-5-15(6-4-12)13(2)16-11-14-7-9-17-10-8-14/h3-6,13-14,16H,7-11H2,1-2H3/t13-/m0/s1. The van der Waals surface area contributed by atoms with Gasteiger partial charge in [0.25, 0.3) is 0 Å². The minimum atomic E-state index is 0.443. The van der Waals surface area contributed by atoms with E-state index in [0.717, 1.165) is 25.7 Å². The summed E-state index contributed by atoms with van der Waals surface area (Å²) in [4.78, 5) is 0. The molecule has 1 aromatic rings. The highest BCUT2D eigenvalue weighted by Gasteiger charge is 2.14. The van der Waals surface area contributed by atoms with E-state index in [1.165, 1.54) is 24.0 Å². The summed E-state index contributed by atoms with van der Waals surface area (Å²) in [7, 11) is 0. The third kappa shape index (κ3) is 3.83. The van der Waals surface area contributed by atoms with E-state index in [-0.39, 0.29) is 0 Å². The first-order valence-corrected chi connectivity index (χ1v) is 6.63. The fourth-order valence-electron chi connectivity index (χ4n) is 2.27. The molecule has 0 spiro atoms. The van der Waals surface area contributed by atoms with Gasteiger partial charge in [-0.2, -0.15) is 0 Å². The summed E-state index contributed by atoms with van der Waals surface area (Å²) in [5, 5.41) is 3.63. The van der Waals surface area contributed by atoms with Gasteiger partial charge in [-0.05, 0) is 44.7 Å². The normalized spacial score (nSPS) is 19.2. The molecule has 1 N–H and O–H groups in total. The number of rotatable bonds is 4. The zero-order valence-corrected chi connectivity index (χ0v) is 10.9. The summed E-state index contributed by atoms with van der Waals surface area (Å²) < 4.78 is 5.38. The van der Waals surface area contributed by atoms with Gasteiger partial charge in [-0.25, -0.2) is 0 Å². The quantitative estimate of drug-likeness (QED) is 0.863. The summed E-state index contributed by atoms with van der Waals surface area (Å²) in [6.45, 7) is 7.35. The summed E-state index contributed by atoms with van der Waals surface area (Å²) in [5.41, 5.74) is 2.70. The molecule has 0 amide bonds. The van der Waals surface area contributed by atoms with Crippen LogP contribution in [0.25, 0.3) is 0 Å². The Morgan fingerprint density at radius 1 is 1.24 bits per heavy atom. The van der Waals surface area contributed by atoms with Crippen molar-refractivity contribution in [3.05, 3.63) is 35.4 Å². The number of benzene rings is 1. The molecule has 1 atom stereocenters. The van der Waals surface area contributed by atoms with E-state index in [1.54, 1.807) is 0 Å². The fourth-order valence-corrected chi connectivity index (χ4v) is 2.27. The lowest BCUT2D eigenvalue weighted by molar-refractivity contribution is 0.0656. The van der Waals surface area contributed by atoms with Gasteiger partial charge in [-0.1, -0.05) is 29.8 Å². The number of aryl methyl sites for hydroxylation is 1. The molecule has 1 aromatic carbocycles. The maximum Gasteiger partial charge on any atom is 0.0469 e. The minimum absolute atomic E-state index is 0.443. The molecule has 0 aliphatic carbocycles. The zero-order chi connectivity index (χ0) is 12.1. The van der Waals surface area contributed by atoms with Gasteiger partial charge in [-0.3, -0.25) is 0 Å². The molecule has 1 aliphatic rings. The molecule has 0 unspecified atom stereocenters. The molecule has 2 heteroatoms. The van der Waals surface area contributed by atoms with Gasteiger partial charge in [-0.15, -0.1) is 0 Å². The fraction of sp³-hybridized carbons (Fsp3) is 0.600. The molecular weight excluding hydrogens is 210 g/mol. The molecule has 0 radical (unpaired) electrons. The number of hydrogen-bond acceptors (Lipinski definition) is 2. The van der Waals surface area contributed by atoms with Crippen molar-refractivity contribution < 1.29 is 4.74 Å². The van der Waals surface area contributed by atoms with E-state index in [4.69, 9.17) is 4.74 Å². The Morgan fingerprint density at radius 2 is 1.88 bits per heavy atom. The topological polar surface area (TPSA) is 21.3 Å². The molecule has 0 bridgehead atoms. The van der Waals surface area contributed by atoms with Crippen LogP contribution in [-0.2, 0) is 4.74 Å². The summed E-state index contributed by atoms with van der Waals surface area (Å²) in [6, 6.07) is 9.25. The zero-order valence-electron chi connectivity index (χ0n) is 10.9. The van der Waals surface area contributed by atoms with Crippen LogP contribution in [0.5, 0.6) is 0 Å². The third-order valence-corrected chi connectivity index (χ3v) is 3.63. The largest absolute Gasteiger partial charge is 0.381 e. The van der Waals surface area contributed by atoms with Crippen LogP contribution in [0.2, 0.25) is 0 Å². The highest BCUT2D eigenvalue weighted by Crippen LogP contribution is 2.17. The maximum absolute atomic E-state index is 5.38. The van der Waals surface area contributed by atoms with Crippen molar-refractivity contribution in [1.82, 2.24) is 5.32 Å². The van der Waals surface area contributed by atoms with Crippen LogP contribution < -0.4 is 5.32 Å². The SMILES string of the molecule is Cc1ccc([C@H](C)NCC2CCOCC2)cc1. The molecular formula is C15H23NO. The van der Waals surface area contributed by atoms with Gasteiger partial charge >= 0.3 is 0 Å². The molecule has 17 heavy (non-hydrogen) atoms. The number of ether oxygens (including phenoxy) is 1. The molecule has 1 fully saturated rings. The van der Waals surface area contributed by atoms with Crippen LogP contribution >= 0.6 is 0 Å². The molecule has 1 saturated heterocycles. The van der Waals surface area contributed by atoms with Crippen molar-refractivity contribution in [2.24, 2.45) is 5.92 Å². The van der Waals surface area contributed by atoms with Crippen LogP contribution in [0.1, 0.15) is 36.9 Å². The van der Waals surface area contributed by atoms with E-state index in [9.17, 15) is 0 Å². The van der Waals surface area contributed by atoms with E-state index < -0.39 is 0 Å². The first-order valence-electron chi connectivity index (χ1n) is 6.63. The molecule has 1 heterocycles. The Kier molecular flexibility index (Phi) is 4.57. The first kappa shape index (κ1) is 12.6. The van der Waals surface area contributed by atoms with Gasteiger partial charge < -0.3 is 10.1 Å². The Labute approximate surface area is 104 Å². The summed E-state index contributed by atoms with van der Waals surface area (Å²) in [6.07, 6.45) is 2.40. The van der Waals surface area contributed by atoms with Crippen LogP contribution in [0.4, 0.5) is 0 Å². The number of nitrogens with one attached hydrogen (secondary N) is 1. The highest BCUT2D eigenvalue weighted by molar-refractivity contribution is 5.23. The smallest absolute Gasteiger partial charge is 0.0469 e. The third-order valence-electron chi connectivity index (χ3n) is 3.63. The van der Waals surface area contributed by atoms with E-state index in [1.807, 2.05) is 0 Å². The minimum Gasteiger partial charge on any atom is -0.381 e. The number of hydrogen-bond donors (Lipinski definition) is 1. The Balaban J connectivity index is 1.80. The van der Waals surface area contributed by atoms with Crippen molar-refractivity contribution in [2.45, 2.75) is 32.7 Å². The average molecular weight is 233 g/mol. The second-order valence-corrected chi connectivity index (χ2v) is 5.10. The van der Waals surface area contributed by atoms with Crippen molar-refractivity contribution in [1.29, 1.82) is 0 Å². The predicted molar refractivity (Wildman–Crippen MR) is 71.1 cm³/mol. The summed E-state index contributed by atoms with van der Waals surface area (Å²) in [5.74, 6) is 0.789. The van der Waals surface area contributed by atoms with Gasteiger partial charge in [0.2, 0.25) is 0 Å². The lowest BCUT2D eigenvalue weighted by Crippen LogP contribution is -2.29. The second kappa shape index (κ2) is 6.18. The van der Waals surface area contributed by atoms with Gasteiger partial charge in [0, 0.05) is 19.3 Å². The molecule has 2 nitrogen and oxygen atoms in total. The van der Waals surface area contributed by atoms with E-state index in [0.29, 0.717) is 6.04 Å². The Bertz CT molecular complexity index is 327. The Morgan fingerprint density at radius 3 is 2.53 bits per heavy atom. The first-order chi connectivity index (χ1) is 8.25. The van der Waals surface area contributed by atoms with Crippen molar-refractivity contribution in [3.8, 4) is 0 Å². The Hall–Kier alpha value is -0.860. The van der Waals surface area contributed by atoms with Gasteiger partial charge in [0.05, 0.1) is 0 Å².